The fraction of sp³-hybridized carbons (Fsp3) is 0.0545. The molecular weight excluding hydrogens is 689 g/mol. The van der Waals surface area contributed by atoms with Crippen molar-refractivity contribution in [1.29, 1.82) is 0 Å². The Morgan fingerprint density at radius 2 is 0.702 bits per heavy atom. The van der Waals surface area contributed by atoms with Crippen LogP contribution in [0.1, 0.15) is 25.0 Å². The Bertz CT molecular complexity index is 2770. The van der Waals surface area contributed by atoms with Crippen molar-refractivity contribution in [2.45, 2.75) is 19.3 Å². The summed E-state index contributed by atoms with van der Waals surface area (Å²) in [5.41, 5.74) is 19.8. The van der Waals surface area contributed by atoms with Gasteiger partial charge in [0.25, 0.3) is 0 Å². The van der Waals surface area contributed by atoms with Crippen LogP contribution in [0.5, 0.6) is 0 Å². The second kappa shape index (κ2) is 14.2. The molecule has 57 heavy (non-hydrogen) atoms. The molecule has 10 rings (SSSR count). The number of benzene rings is 8. The van der Waals surface area contributed by atoms with Gasteiger partial charge in [0.15, 0.2) is 5.82 Å². The second-order valence-electron chi connectivity index (χ2n) is 15.4. The maximum Gasteiger partial charge on any atom is 0.160 e. The van der Waals surface area contributed by atoms with Crippen molar-refractivity contribution in [1.82, 2.24) is 9.97 Å². The normalized spacial score (nSPS) is 12.5. The molecule has 0 N–H and O–H groups in total. The first kappa shape index (κ1) is 34.3. The van der Waals surface area contributed by atoms with Crippen molar-refractivity contribution in [3.8, 4) is 89.5 Å². The summed E-state index contributed by atoms with van der Waals surface area (Å²) in [6.07, 6.45) is 0. The van der Waals surface area contributed by atoms with Crippen molar-refractivity contribution in [3.63, 3.8) is 0 Å². The van der Waals surface area contributed by atoms with Gasteiger partial charge in [0.05, 0.1) is 11.4 Å². The largest absolute Gasteiger partial charge is 0.228 e. The van der Waals surface area contributed by atoms with Gasteiger partial charge in [0.2, 0.25) is 0 Å². The Morgan fingerprint density at radius 1 is 0.298 bits per heavy atom. The molecule has 0 saturated carbocycles. The molecule has 0 aliphatic heterocycles. The standard InChI is InChI=1S/C55H40N2/c1-55(2)50-22-10-9-19-48(50)49-21-12-20-47(53(49)55)46-18-11-17-45(35-46)41-27-33-44(34-28-41)54-56-51(42-29-23-39(24-30-42)37-13-5-3-6-14-37)36-52(57-54)43-31-25-40(26-32-43)38-15-7-4-8-16-38/h3-36H,1-2H3. The average molecular weight is 729 g/mol. The fourth-order valence-corrected chi connectivity index (χ4v) is 8.57. The van der Waals surface area contributed by atoms with Crippen LogP contribution >= 0.6 is 0 Å². The molecule has 1 aromatic heterocycles. The maximum atomic E-state index is 5.18. The third-order valence-corrected chi connectivity index (χ3v) is 11.5. The lowest BCUT2D eigenvalue weighted by molar-refractivity contribution is 0.662. The first-order chi connectivity index (χ1) is 28.0. The summed E-state index contributed by atoms with van der Waals surface area (Å²) >= 11 is 0. The number of hydrogen-bond acceptors (Lipinski definition) is 2. The van der Waals surface area contributed by atoms with Crippen LogP contribution in [0.4, 0.5) is 0 Å². The van der Waals surface area contributed by atoms with Crippen molar-refractivity contribution in [3.05, 3.63) is 217 Å². The van der Waals surface area contributed by atoms with Gasteiger partial charge in [-0.05, 0) is 78.9 Å². The third-order valence-electron chi connectivity index (χ3n) is 11.5. The van der Waals surface area contributed by atoms with E-state index in [1.807, 2.05) is 12.1 Å². The summed E-state index contributed by atoms with van der Waals surface area (Å²) in [6, 6.07) is 73.7. The first-order valence-corrected chi connectivity index (χ1v) is 19.6. The van der Waals surface area contributed by atoms with E-state index in [9.17, 15) is 0 Å². The number of aromatic nitrogens is 2. The first-order valence-electron chi connectivity index (χ1n) is 19.6. The Balaban J connectivity index is 1.00. The molecule has 0 atom stereocenters. The third kappa shape index (κ3) is 6.36. The summed E-state index contributed by atoms with van der Waals surface area (Å²) in [5, 5.41) is 0. The molecule has 1 heterocycles. The topological polar surface area (TPSA) is 25.8 Å². The molecule has 0 radical (unpaired) electrons. The highest BCUT2D eigenvalue weighted by molar-refractivity contribution is 5.89. The average Bonchev–Trinajstić information content (AvgIpc) is 3.53. The number of hydrogen-bond donors (Lipinski definition) is 0. The maximum absolute atomic E-state index is 5.18. The van der Waals surface area contributed by atoms with Crippen molar-refractivity contribution < 1.29 is 0 Å². The van der Waals surface area contributed by atoms with Crippen LogP contribution in [0.3, 0.4) is 0 Å². The molecule has 270 valence electrons. The lowest BCUT2D eigenvalue weighted by Gasteiger charge is -2.24. The molecule has 0 spiro atoms. The van der Waals surface area contributed by atoms with Gasteiger partial charge in [0, 0.05) is 22.1 Å². The molecule has 2 nitrogen and oxygen atoms in total. The van der Waals surface area contributed by atoms with Crippen molar-refractivity contribution >= 4 is 0 Å². The summed E-state index contributed by atoms with van der Waals surface area (Å²) in [7, 11) is 0. The van der Waals surface area contributed by atoms with Crippen LogP contribution in [0.15, 0.2) is 206 Å². The summed E-state index contributed by atoms with van der Waals surface area (Å²) in [5.74, 6) is 0.698. The lowest BCUT2D eigenvalue weighted by atomic mass is 9.78. The zero-order chi connectivity index (χ0) is 38.3. The highest BCUT2D eigenvalue weighted by Crippen LogP contribution is 2.52. The molecule has 9 aromatic rings. The van der Waals surface area contributed by atoms with Gasteiger partial charge in [-0.3, -0.25) is 0 Å². The van der Waals surface area contributed by atoms with E-state index in [4.69, 9.17) is 9.97 Å². The van der Waals surface area contributed by atoms with Crippen LogP contribution in [0.25, 0.3) is 89.5 Å². The van der Waals surface area contributed by atoms with Crippen LogP contribution in [-0.2, 0) is 5.41 Å². The van der Waals surface area contributed by atoms with Crippen LogP contribution in [0.2, 0.25) is 0 Å². The molecule has 2 heteroatoms. The van der Waals surface area contributed by atoms with E-state index in [2.05, 4.69) is 208 Å². The Kier molecular flexibility index (Phi) is 8.53. The minimum atomic E-state index is -0.0819. The van der Waals surface area contributed by atoms with E-state index in [-0.39, 0.29) is 5.41 Å². The van der Waals surface area contributed by atoms with Crippen LogP contribution in [0, 0.1) is 0 Å². The van der Waals surface area contributed by atoms with E-state index in [0.717, 1.165) is 33.6 Å². The molecule has 0 saturated heterocycles. The second-order valence-corrected chi connectivity index (χ2v) is 15.4. The summed E-state index contributed by atoms with van der Waals surface area (Å²) in [4.78, 5) is 10.4. The van der Waals surface area contributed by atoms with Gasteiger partial charge in [-0.2, -0.15) is 0 Å². The zero-order valence-corrected chi connectivity index (χ0v) is 32.0. The molecule has 0 bridgehead atoms. The highest BCUT2D eigenvalue weighted by Gasteiger charge is 2.37. The van der Waals surface area contributed by atoms with E-state index in [1.165, 1.54) is 61.2 Å². The Hall–Kier alpha value is -7.16. The van der Waals surface area contributed by atoms with Gasteiger partial charge in [-0.1, -0.05) is 208 Å². The van der Waals surface area contributed by atoms with Crippen LogP contribution < -0.4 is 0 Å². The number of nitrogens with zero attached hydrogens (tertiary/aromatic N) is 2. The monoisotopic (exact) mass is 728 g/mol. The Labute approximate surface area is 334 Å². The van der Waals surface area contributed by atoms with Gasteiger partial charge < -0.3 is 0 Å². The molecule has 0 amide bonds. The van der Waals surface area contributed by atoms with Gasteiger partial charge >= 0.3 is 0 Å². The van der Waals surface area contributed by atoms with E-state index in [0.29, 0.717) is 5.82 Å². The predicted octanol–water partition coefficient (Wildman–Crippen LogP) is 14.5. The number of fused-ring (bicyclic) bond motifs is 3. The van der Waals surface area contributed by atoms with Gasteiger partial charge in [-0.15, -0.1) is 0 Å². The number of rotatable bonds is 7. The fourth-order valence-electron chi connectivity index (χ4n) is 8.57. The lowest BCUT2D eigenvalue weighted by Crippen LogP contribution is -2.16. The molecule has 0 fully saturated rings. The van der Waals surface area contributed by atoms with Crippen molar-refractivity contribution in [2.75, 3.05) is 0 Å². The minimum Gasteiger partial charge on any atom is -0.228 e. The predicted molar refractivity (Wildman–Crippen MR) is 238 cm³/mol. The minimum absolute atomic E-state index is 0.0819. The van der Waals surface area contributed by atoms with Crippen molar-refractivity contribution in [2.24, 2.45) is 0 Å². The Morgan fingerprint density at radius 3 is 1.30 bits per heavy atom. The van der Waals surface area contributed by atoms with Gasteiger partial charge in [0.1, 0.15) is 0 Å². The van der Waals surface area contributed by atoms with E-state index >= 15 is 0 Å². The molecule has 1 aliphatic carbocycles. The quantitative estimate of drug-likeness (QED) is 0.163. The smallest absolute Gasteiger partial charge is 0.160 e. The highest BCUT2D eigenvalue weighted by atomic mass is 14.9. The zero-order valence-electron chi connectivity index (χ0n) is 32.0. The SMILES string of the molecule is CC1(C)c2ccccc2-c2cccc(-c3cccc(-c4ccc(-c5nc(-c6ccc(-c7ccccc7)cc6)cc(-c6ccc(-c7ccccc7)cc6)n5)cc4)c3)c21. The molecule has 1 aliphatic rings. The molecule has 0 unspecified atom stereocenters. The summed E-state index contributed by atoms with van der Waals surface area (Å²) < 4.78 is 0. The summed E-state index contributed by atoms with van der Waals surface area (Å²) in [6.45, 7) is 4.71. The molecule has 8 aromatic carbocycles. The van der Waals surface area contributed by atoms with Gasteiger partial charge in [-0.25, -0.2) is 9.97 Å². The molecular formula is C55H40N2. The van der Waals surface area contributed by atoms with E-state index < -0.39 is 0 Å². The van der Waals surface area contributed by atoms with Crippen LogP contribution in [-0.4, -0.2) is 9.97 Å². The van der Waals surface area contributed by atoms with E-state index in [1.54, 1.807) is 0 Å².